The van der Waals surface area contributed by atoms with Crippen LogP contribution in [0.5, 0.6) is 0 Å². The van der Waals surface area contributed by atoms with Crippen LogP contribution in [0.2, 0.25) is 0 Å². The number of nitrogens with zero attached hydrogens (tertiary/aromatic N) is 1. The molecule has 24 heavy (non-hydrogen) atoms. The standard InChI is InChI=1S/C17H21N5O2/c1-11(12-6-4-3-5-7-12)9-21-17(23)22-15-8-14(18)13(10-20-15)16(19)24-2/h3-8,10-11,19H,9H2,1-2H3,(H4,18,20,21,22,23). The van der Waals surface area contributed by atoms with Crippen LogP contribution in [-0.4, -0.2) is 30.6 Å². The lowest BCUT2D eigenvalue weighted by molar-refractivity contribution is 0.251. The van der Waals surface area contributed by atoms with Crippen molar-refractivity contribution in [2.45, 2.75) is 12.8 Å². The van der Waals surface area contributed by atoms with E-state index in [4.69, 9.17) is 15.9 Å². The Morgan fingerprint density at radius 1 is 1.38 bits per heavy atom. The zero-order valence-corrected chi connectivity index (χ0v) is 13.7. The van der Waals surface area contributed by atoms with Gasteiger partial charge in [-0.05, 0) is 11.5 Å². The Kier molecular flexibility index (Phi) is 5.73. The zero-order chi connectivity index (χ0) is 17.5. The highest BCUT2D eigenvalue weighted by molar-refractivity contribution is 5.97. The molecule has 0 aliphatic heterocycles. The lowest BCUT2D eigenvalue weighted by Gasteiger charge is -2.14. The maximum absolute atomic E-state index is 12.0. The van der Waals surface area contributed by atoms with Crippen LogP contribution in [0.4, 0.5) is 16.3 Å². The van der Waals surface area contributed by atoms with Crippen molar-refractivity contribution in [2.75, 3.05) is 24.7 Å². The maximum atomic E-state index is 12.0. The van der Waals surface area contributed by atoms with E-state index in [0.29, 0.717) is 23.6 Å². The number of ether oxygens (including phenoxy) is 1. The maximum Gasteiger partial charge on any atom is 0.320 e. The first kappa shape index (κ1) is 17.3. The number of methoxy groups -OCH3 is 1. The number of urea groups is 1. The molecule has 0 fully saturated rings. The zero-order valence-electron chi connectivity index (χ0n) is 13.7. The van der Waals surface area contributed by atoms with Crippen LogP contribution in [-0.2, 0) is 4.74 Å². The molecule has 0 radical (unpaired) electrons. The number of nitrogen functional groups attached to an aromatic ring is 1. The summed E-state index contributed by atoms with van der Waals surface area (Å²) >= 11 is 0. The van der Waals surface area contributed by atoms with Gasteiger partial charge < -0.3 is 15.8 Å². The van der Waals surface area contributed by atoms with Crippen LogP contribution >= 0.6 is 0 Å². The average Bonchev–Trinajstić information content (AvgIpc) is 2.60. The van der Waals surface area contributed by atoms with E-state index in [9.17, 15) is 4.79 Å². The minimum Gasteiger partial charge on any atom is -0.481 e. The van der Waals surface area contributed by atoms with E-state index < -0.39 is 0 Å². The summed E-state index contributed by atoms with van der Waals surface area (Å²) in [6.07, 6.45) is 1.39. The second kappa shape index (κ2) is 7.96. The number of rotatable bonds is 5. The largest absolute Gasteiger partial charge is 0.481 e. The first-order valence-corrected chi connectivity index (χ1v) is 7.49. The molecule has 2 rings (SSSR count). The molecule has 2 amide bonds. The number of benzene rings is 1. The molecule has 7 heteroatoms. The van der Waals surface area contributed by atoms with E-state index in [1.807, 2.05) is 37.3 Å². The van der Waals surface area contributed by atoms with Gasteiger partial charge in [-0.2, -0.15) is 0 Å². The van der Waals surface area contributed by atoms with Crippen LogP contribution in [0.1, 0.15) is 24.0 Å². The molecule has 5 N–H and O–H groups in total. The molecule has 0 saturated heterocycles. The number of nitrogens with one attached hydrogen (secondary N) is 3. The Balaban J connectivity index is 1.90. The molecule has 0 aliphatic rings. The van der Waals surface area contributed by atoms with Gasteiger partial charge >= 0.3 is 6.03 Å². The summed E-state index contributed by atoms with van der Waals surface area (Å²) in [4.78, 5) is 16.0. The molecule has 0 bridgehead atoms. The second-order valence-corrected chi connectivity index (χ2v) is 5.34. The molecular formula is C17H21N5O2. The first-order chi connectivity index (χ1) is 11.5. The summed E-state index contributed by atoms with van der Waals surface area (Å²) in [5.74, 6) is 0.428. The molecule has 126 valence electrons. The summed E-state index contributed by atoms with van der Waals surface area (Å²) in [6, 6.07) is 11.1. The van der Waals surface area contributed by atoms with Gasteiger partial charge in [0.25, 0.3) is 0 Å². The number of aromatic nitrogens is 1. The van der Waals surface area contributed by atoms with Crippen molar-refractivity contribution in [2.24, 2.45) is 0 Å². The lowest BCUT2D eigenvalue weighted by Crippen LogP contribution is -2.32. The lowest BCUT2D eigenvalue weighted by atomic mass is 10.0. The highest BCUT2D eigenvalue weighted by Gasteiger charge is 2.11. The van der Waals surface area contributed by atoms with Gasteiger partial charge in [-0.3, -0.25) is 10.7 Å². The Labute approximate surface area is 140 Å². The van der Waals surface area contributed by atoms with E-state index in [1.165, 1.54) is 19.4 Å². The third-order valence-corrected chi connectivity index (χ3v) is 3.56. The molecule has 1 atom stereocenters. The fraction of sp³-hybridized carbons (Fsp3) is 0.235. The molecule has 2 aromatic rings. The third-order valence-electron chi connectivity index (χ3n) is 3.56. The molecular weight excluding hydrogens is 306 g/mol. The van der Waals surface area contributed by atoms with Gasteiger partial charge in [0.05, 0.1) is 12.7 Å². The fourth-order valence-electron chi connectivity index (χ4n) is 2.14. The smallest absolute Gasteiger partial charge is 0.320 e. The van der Waals surface area contributed by atoms with E-state index in [0.717, 1.165) is 5.56 Å². The quantitative estimate of drug-likeness (QED) is 0.499. The normalized spacial score (nSPS) is 11.4. The van der Waals surface area contributed by atoms with Crippen molar-refractivity contribution >= 4 is 23.4 Å². The van der Waals surface area contributed by atoms with Gasteiger partial charge in [0.1, 0.15) is 5.82 Å². The molecule has 1 heterocycles. The number of carbonyl (C=O) groups excluding carboxylic acids is 1. The van der Waals surface area contributed by atoms with Crippen molar-refractivity contribution in [3.8, 4) is 0 Å². The Bertz CT molecular complexity index is 718. The summed E-state index contributed by atoms with van der Waals surface area (Å²) in [5, 5.41) is 13.0. The van der Waals surface area contributed by atoms with E-state index in [-0.39, 0.29) is 17.8 Å². The SMILES string of the molecule is COC(=N)c1cnc(NC(=O)NCC(C)c2ccccc2)cc1N. The van der Waals surface area contributed by atoms with Gasteiger partial charge in [-0.1, -0.05) is 37.3 Å². The van der Waals surface area contributed by atoms with Crippen LogP contribution in [0.15, 0.2) is 42.6 Å². The topological polar surface area (TPSA) is 113 Å². The fourth-order valence-corrected chi connectivity index (χ4v) is 2.14. The highest BCUT2D eigenvalue weighted by Crippen LogP contribution is 2.16. The summed E-state index contributed by atoms with van der Waals surface area (Å²) in [7, 11) is 1.38. The monoisotopic (exact) mass is 327 g/mol. The molecule has 0 aliphatic carbocycles. The van der Waals surface area contributed by atoms with Crippen LogP contribution < -0.4 is 16.4 Å². The number of hydrogen-bond acceptors (Lipinski definition) is 5. The number of pyridine rings is 1. The van der Waals surface area contributed by atoms with Gasteiger partial charge in [0.15, 0.2) is 0 Å². The van der Waals surface area contributed by atoms with Crippen molar-refractivity contribution in [1.82, 2.24) is 10.3 Å². The minimum absolute atomic E-state index is 0.0762. The summed E-state index contributed by atoms with van der Waals surface area (Å²) in [5.41, 5.74) is 7.68. The number of nitrogens with two attached hydrogens (primary N) is 1. The van der Waals surface area contributed by atoms with E-state index in [1.54, 1.807) is 0 Å². The molecule has 1 aromatic carbocycles. The Hall–Kier alpha value is -3.09. The molecule has 0 saturated carbocycles. The molecule has 1 unspecified atom stereocenters. The van der Waals surface area contributed by atoms with E-state index in [2.05, 4.69) is 15.6 Å². The van der Waals surface area contributed by atoms with Crippen molar-refractivity contribution in [3.05, 3.63) is 53.7 Å². The predicted octanol–water partition coefficient (Wildman–Crippen LogP) is 2.56. The summed E-state index contributed by atoms with van der Waals surface area (Å²) < 4.78 is 4.81. The first-order valence-electron chi connectivity index (χ1n) is 7.49. The molecule has 7 nitrogen and oxygen atoms in total. The van der Waals surface area contributed by atoms with E-state index >= 15 is 0 Å². The number of hydrogen-bond donors (Lipinski definition) is 4. The van der Waals surface area contributed by atoms with Gasteiger partial charge in [-0.25, -0.2) is 9.78 Å². The average molecular weight is 327 g/mol. The van der Waals surface area contributed by atoms with Crippen molar-refractivity contribution in [1.29, 1.82) is 5.41 Å². The summed E-state index contributed by atoms with van der Waals surface area (Å²) in [6.45, 7) is 2.54. The van der Waals surface area contributed by atoms with Crippen LogP contribution in [0.25, 0.3) is 0 Å². The van der Waals surface area contributed by atoms with Gasteiger partial charge in [0.2, 0.25) is 5.90 Å². The Morgan fingerprint density at radius 3 is 2.71 bits per heavy atom. The second-order valence-electron chi connectivity index (χ2n) is 5.34. The number of carbonyl (C=O) groups is 1. The van der Waals surface area contributed by atoms with Crippen molar-refractivity contribution in [3.63, 3.8) is 0 Å². The molecule has 0 spiro atoms. The Morgan fingerprint density at radius 2 is 2.08 bits per heavy atom. The predicted molar refractivity (Wildman–Crippen MR) is 94.4 cm³/mol. The molecule has 1 aromatic heterocycles. The van der Waals surface area contributed by atoms with Crippen molar-refractivity contribution < 1.29 is 9.53 Å². The van der Waals surface area contributed by atoms with Crippen LogP contribution in [0.3, 0.4) is 0 Å². The van der Waals surface area contributed by atoms with Crippen LogP contribution in [0, 0.1) is 5.41 Å². The highest BCUT2D eigenvalue weighted by atomic mass is 16.5. The number of amides is 2. The van der Waals surface area contributed by atoms with Gasteiger partial charge in [-0.15, -0.1) is 0 Å². The number of anilines is 2. The third kappa shape index (κ3) is 4.45. The minimum atomic E-state index is -0.362. The van der Waals surface area contributed by atoms with Gasteiger partial charge in [0, 0.05) is 24.5 Å².